The van der Waals surface area contributed by atoms with E-state index in [9.17, 15) is 9.59 Å². The van der Waals surface area contributed by atoms with E-state index in [1.165, 1.54) is 6.92 Å². The van der Waals surface area contributed by atoms with Crippen LogP contribution in [0.15, 0.2) is 54.9 Å². The first-order chi connectivity index (χ1) is 11.1. The van der Waals surface area contributed by atoms with Crippen molar-refractivity contribution in [2.45, 2.75) is 13.3 Å². The van der Waals surface area contributed by atoms with Gasteiger partial charge in [-0.3, -0.25) is 9.59 Å². The number of imidazole rings is 1. The van der Waals surface area contributed by atoms with Crippen molar-refractivity contribution in [3.63, 3.8) is 0 Å². The third kappa shape index (κ3) is 3.74. The van der Waals surface area contributed by atoms with Crippen molar-refractivity contribution in [2.75, 3.05) is 10.6 Å². The largest absolute Gasteiger partial charge is 0.326 e. The standard InChI is InChI=1S/C17H16N4O2/c1-12(22)18-13-5-7-14(8-6-13)20-17(23)10-15-11-21-9-3-2-4-16(21)19-15/h2-9,11H,10H2,1H3,(H,18,22)(H,20,23). The van der Waals surface area contributed by atoms with Gasteiger partial charge in [-0.05, 0) is 36.4 Å². The maximum Gasteiger partial charge on any atom is 0.230 e. The van der Waals surface area contributed by atoms with E-state index in [0.29, 0.717) is 17.1 Å². The van der Waals surface area contributed by atoms with E-state index in [4.69, 9.17) is 0 Å². The van der Waals surface area contributed by atoms with Crippen molar-refractivity contribution in [2.24, 2.45) is 0 Å². The molecule has 0 fully saturated rings. The van der Waals surface area contributed by atoms with Crippen molar-refractivity contribution in [3.05, 3.63) is 60.6 Å². The number of nitrogens with zero attached hydrogens (tertiary/aromatic N) is 2. The van der Waals surface area contributed by atoms with Crippen LogP contribution < -0.4 is 10.6 Å². The van der Waals surface area contributed by atoms with Crippen LogP contribution in [0.1, 0.15) is 12.6 Å². The third-order valence-electron chi connectivity index (χ3n) is 3.24. The molecule has 2 amide bonds. The molecule has 0 aliphatic heterocycles. The second-order valence-electron chi connectivity index (χ2n) is 5.18. The number of anilines is 2. The predicted octanol–water partition coefficient (Wildman–Crippen LogP) is 2.47. The number of carbonyl (C=O) groups excluding carboxylic acids is 2. The van der Waals surface area contributed by atoms with Crippen molar-refractivity contribution < 1.29 is 9.59 Å². The number of fused-ring (bicyclic) bond motifs is 1. The second-order valence-corrected chi connectivity index (χ2v) is 5.18. The van der Waals surface area contributed by atoms with Crippen LogP contribution in [0, 0.1) is 0 Å². The van der Waals surface area contributed by atoms with E-state index in [1.807, 2.05) is 35.0 Å². The summed E-state index contributed by atoms with van der Waals surface area (Å²) in [6.07, 6.45) is 3.94. The topological polar surface area (TPSA) is 75.5 Å². The number of amides is 2. The van der Waals surface area contributed by atoms with Gasteiger partial charge in [-0.15, -0.1) is 0 Å². The fraction of sp³-hybridized carbons (Fsp3) is 0.118. The number of nitrogens with one attached hydrogen (secondary N) is 2. The molecule has 2 aromatic heterocycles. The second kappa shape index (κ2) is 6.31. The fourth-order valence-electron chi connectivity index (χ4n) is 2.28. The van der Waals surface area contributed by atoms with Gasteiger partial charge < -0.3 is 15.0 Å². The molecule has 3 rings (SSSR count). The van der Waals surface area contributed by atoms with Crippen molar-refractivity contribution >= 4 is 28.8 Å². The van der Waals surface area contributed by atoms with E-state index < -0.39 is 0 Å². The van der Waals surface area contributed by atoms with Gasteiger partial charge in [-0.25, -0.2) is 4.98 Å². The Morgan fingerprint density at radius 2 is 1.74 bits per heavy atom. The first kappa shape index (κ1) is 14.8. The van der Waals surface area contributed by atoms with E-state index in [-0.39, 0.29) is 18.2 Å². The highest BCUT2D eigenvalue weighted by Crippen LogP contribution is 2.14. The maximum atomic E-state index is 12.1. The van der Waals surface area contributed by atoms with Gasteiger partial charge in [-0.1, -0.05) is 6.07 Å². The van der Waals surface area contributed by atoms with Gasteiger partial charge in [-0.2, -0.15) is 0 Å². The summed E-state index contributed by atoms with van der Waals surface area (Å²) < 4.78 is 1.88. The van der Waals surface area contributed by atoms with Crippen LogP contribution in [-0.4, -0.2) is 21.2 Å². The molecule has 0 atom stereocenters. The van der Waals surface area contributed by atoms with Gasteiger partial charge in [0.1, 0.15) is 5.65 Å². The highest BCUT2D eigenvalue weighted by Gasteiger charge is 2.08. The molecule has 3 aromatic rings. The predicted molar refractivity (Wildman–Crippen MR) is 88.3 cm³/mol. The molecule has 23 heavy (non-hydrogen) atoms. The Morgan fingerprint density at radius 1 is 1.04 bits per heavy atom. The van der Waals surface area contributed by atoms with Crippen LogP contribution in [-0.2, 0) is 16.0 Å². The molecular weight excluding hydrogens is 292 g/mol. The van der Waals surface area contributed by atoms with E-state index in [2.05, 4.69) is 15.6 Å². The molecule has 2 N–H and O–H groups in total. The van der Waals surface area contributed by atoms with E-state index in [0.717, 1.165) is 5.65 Å². The average molecular weight is 308 g/mol. The van der Waals surface area contributed by atoms with Crippen LogP contribution in [0.5, 0.6) is 0 Å². The Bertz CT molecular complexity index is 819. The fourth-order valence-corrected chi connectivity index (χ4v) is 2.28. The molecule has 0 aliphatic carbocycles. The van der Waals surface area contributed by atoms with Gasteiger partial charge in [0.15, 0.2) is 0 Å². The lowest BCUT2D eigenvalue weighted by Gasteiger charge is -2.06. The van der Waals surface area contributed by atoms with Crippen LogP contribution in [0.4, 0.5) is 11.4 Å². The Morgan fingerprint density at radius 3 is 2.39 bits per heavy atom. The number of hydrogen-bond donors (Lipinski definition) is 2. The third-order valence-corrected chi connectivity index (χ3v) is 3.24. The summed E-state index contributed by atoms with van der Waals surface area (Å²) in [6, 6.07) is 12.7. The molecule has 0 unspecified atom stereocenters. The first-order valence-corrected chi connectivity index (χ1v) is 7.20. The van der Waals surface area contributed by atoms with Gasteiger partial charge >= 0.3 is 0 Å². The maximum absolute atomic E-state index is 12.1. The van der Waals surface area contributed by atoms with Crippen LogP contribution in [0.3, 0.4) is 0 Å². The molecule has 0 bridgehead atoms. The molecule has 116 valence electrons. The van der Waals surface area contributed by atoms with Crippen molar-refractivity contribution in [1.29, 1.82) is 0 Å². The monoisotopic (exact) mass is 308 g/mol. The van der Waals surface area contributed by atoms with E-state index >= 15 is 0 Å². The summed E-state index contributed by atoms with van der Waals surface area (Å²) in [4.78, 5) is 27.5. The summed E-state index contributed by atoms with van der Waals surface area (Å²) in [6.45, 7) is 1.45. The molecular formula is C17H16N4O2. The smallest absolute Gasteiger partial charge is 0.230 e. The van der Waals surface area contributed by atoms with Gasteiger partial charge in [0.25, 0.3) is 0 Å². The molecule has 2 heterocycles. The zero-order valence-electron chi connectivity index (χ0n) is 12.6. The van der Waals surface area contributed by atoms with Gasteiger partial charge in [0, 0.05) is 30.7 Å². The summed E-state index contributed by atoms with van der Waals surface area (Å²) in [5.74, 6) is -0.269. The Labute approximate surface area is 133 Å². The lowest BCUT2D eigenvalue weighted by atomic mass is 10.2. The molecule has 0 saturated carbocycles. The van der Waals surface area contributed by atoms with Gasteiger partial charge in [0.05, 0.1) is 12.1 Å². The molecule has 0 radical (unpaired) electrons. The average Bonchev–Trinajstić information content (AvgIpc) is 2.90. The summed E-state index contributed by atoms with van der Waals surface area (Å²) >= 11 is 0. The van der Waals surface area contributed by atoms with E-state index in [1.54, 1.807) is 24.3 Å². The highest BCUT2D eigenvalue weighted by molar-refractivity contribution is 5.93. The lowest BCUT2D eigenvalue weighted by molar-refractivity contribution is -0.116. The Hall–Kier alpha value is -3.15. The summed E-state index contributed by atoms with van der Waals surface area (Å²) in [5, 5.41) is 5.49. The minimum Gasteiger partial charge on any atom is -0.326 e. The molecule has 0 spiro atoms. The summed E-state index contributed by atoms with van der Waals surface area (Å²) in [7, 11) is 0. The van der Waals surface area contributed by atoms with Crippen LogP contribution >= 0.6 is 0 Å². The molecule has 1 aromatic carbocycles. The highest BCUT2D eigenvalue weighted by atomic mass is 16.2. The Kier molecular flexibility index (Phi) is 4.05. The molecule has 6 heteroatoms. The van der Waals surface area contributed by atoms with Crippen LogP contribution in [0.25, 0.3) is 5.65 Å². The number of hydrogen-bond acceptors (Lipinski definition) is 3. The normalized spacial score (nSPS) is 10.5. The van der Waals surface area contributed by atoms with Crippen molar-refractivity contribution in [3.8, 4) is 0 Å². The van der Waals surface area contributed by atoms with Crippen LogP contribution in [0.2, 0.25) is 0 Å². The Balaban J connectivity index is 1.63. The molecule has 0 aliphatic rings. The lowest BCUT2D eigenvalue weighted by Crippen LogP contribution is -2.14. The number of carbonyl (C=O) groups is 2. The minimum atomic E-state index is -0.138. The van der Waals surface area contributed by atoms with Crippen molar-refractivity contribution in [1.82, 2.24) is 9.38 Å². The summed E-state index contributed by atoms with van der Waals surface area (Å²) in [5.41, 5.74) is 2.89. The van der Waals surface area contributed by atoms with Gasteiger partial charge in [0.2, 0.25) is 11.8 Å². The SMILES string of the molecule is CC(=O)Nc1ccc(NC(=O)Cc2cn3ccccc3n2)cc1. The quantitative estimate of drug-likeness (QED) is 0.777. The zero-order chi connectivity index (χ0) is 16.2. The minimum absolute atomic E-state index is 0.131. The molecule has 0 saturated heterocycles. The number of rotatable bonds is 4. The molecule has 6 nitrogen and oxygen atoms in total. The number of benzene rings is 1. The first-order valence-electron chi connectivity index (χ1n) is 7.20. The number of pyridine rings is 1. The number of aromatic nitrogens is 2. The zero-order valence-corrected chi connectivity index (χ0v) is 12.6.